The molecule has 1 aromatic rings. The minimum absolute atomic E-state index is 0.460. The van der Waals surface area contributed by atoms with Gasteiger partial charge in [0.05, 0.1) is 11.4 Å². The predicted molar refractivity (Wildman–Crippen MR) is 67.8 cm³/mol. The molecule has 1 aromatic heterocycles. The van der Waals surface area contributed by atoms with Crippen LogP contribution in [0.2, 0.25) is 0 Å². The molecule has 2 nitrogen and oxygen atoms in total. The summed E-state index contributed by atoms with van der Waals surface area (Å²) in [5, 5.41) is 3.52. The highest BCUT2D eigenvalue weighted by atomic mass is 14.9. The molecule has 84 valence electrons. The molecule has 2 rings (SSSR count). The lowest BCUT2D eigenvalue weighted by Gasteiger charge is -2.21. The summed E-state index contributed by atoms with van der Waals surface area (Å²) in [6, 6.07) is 6.46. The first-order valence-corrected chi connectivity index (χ1v) is 5.96. The molecule has 0 aliphatic carbocycles. The highest BCUT2D eigenvalue weighted by Gasteiger charge is 2.10. The van der Waals surface area contributed by atoms with Gasteiger partial charge in [-0.1, -0.05) is 38.0 Å². The average Bonchev–Trinajstić information content (AvgIpc) is 2.38. The van der Waals surface area contributed by atoms with Crippen molar-refractivity contribution in [3.63, 3.8) is 0 Å². The van der Waals surface area contributed by atoms with Gasteiger partial charge < -0.3 is 5.32 Å². The van der Waals surface area contributed by atoms with Crippen LogP contribution in [0.1, 0.15) is 31.9 Å². The number of nitrogens with one attached hydrogen (secondary N) is 1. The number of hydrogen-bond acceptors (Lipinski definition) is 2. The molecule has 1 N–H and O–H groups in total. The van der Waals surface area contributed by atoms with Crippen molar-refractivity contribution in [1.29, 1.82) is 0 Å². The number of unbranched alkanes of at least 4 members (excludes halogenated alkanes) is 1. The Morgan fingerprint density at radius 1 is 1.38 bits per heavy atom. The van der Waals surface area contributed by atoms with E-state index in [-0.39, 0.29) is 0 Å². The van der Waals surface area contributed by atoms with Gasteiger partial charge in [0.25, 0.3) is 0 Å². The number of dihydropyridines is 1. The molecular formula is C14H18N2. The van der Waals surface area contributed by atoms with E-state index in [2.05, 4.69) is 35.5 Å². The lowest BCUT2D eigenvalue weighted by Crippen LogP contribution is -2.27. The highest BCUT2D eigenvalue weighted by Crippen LogP contribution is 2.15. The van der Waals surface area contributed by atoms with Crippen LogP contribution in [-0.2, 0) is 0 Å². The molecule has 1 aliphatic heterocycles. The molecule has 16 heavy (non-hydrogen) atoms. The molecule has 2 heterocycles. The molecule has 0 saturated heterocycles. The molecule has 0 radical (unpaired) electrons. The first-order valence-electron chi connectivity index (χ1n) is 5.96. The fourth-order valence-electron chi connectivity index (χ4n) is 1.86. The Kier molecular flexibility index (Phi) is 3.76. The van der Waals surface area contributed by atoms with Crippen LogP contribution in [-0.4, -0.2) is 11.0 Å². The standard InChI is InChI=1S/C14H18N2/c1-2-3-7-12-8-6-10-14(16-12)13-9-4-5-11-15-13/h4-6,8-12,16H,2-3,7H2,1H3. The van der Waals surface area contributed by atoms with Gasteiger partial charge in [0.2, 0.25) is 0 Å². The van der Waals surface area contributed by atoms with Crippen molar-refractivity contribution in [2.75, 3.05) is 0 Å². The van der Waals surface area contributed by atoms with Gasteiger partial charge >= 0.3 is 0 Å². The molecule has 0 fully saturated rings. The predicted octanol–water partition coefficient (Wildman–Crippen LogP) is 3.14. The lowest BCUT2D eigenvalue weighted by atomic mass is 10.1. The number of hydrogen-bond donors (Lipinski definition) is 1. The summed E-state index contributed by atoms with van der Waals surface area (Å²) in [5.74, 6) is 0. The van der Waals surface area contributed by atoms with Crippen molar-refractivity contribution in [2.45, 2.75) is 32.2 Å². The Morgan fingerprint density at radius 3 is 3.06 bits per heavy atom. The Morgan fingerprint density at radius 2 is 2.31 bits per heavy atom. The van der Waals surface area contributed by atoms with E-state index in [1.165, 1.54) is 19.3 Å². The zero-order valence-electron chi connectivity index (χ0n) is 9.69. The average molecular weight is 214 g/mol. The van der Waals surface area contributed by atoms with Gasteiger partial charge in [-0.15, -0.1) is 0 Å². The topological polar surface area (TPSA) is 24.9 Å². The highest BCUT2D eigenvalue weighted by molar-refractivity contribution is 5.64. The molecule has 0 saturated carbocycles. The van der Waals surface area contributed by atoms with Gasteiger partial charge in [0.1, 0.15) is 0 Å². The third-order valence-electron chi connectivity index (χ3n) is 2.76. The van der Waals surface area contributed by atoms with Gasteiger partial charge in [0.15, 0.2) is 0 Å². The minimum Gasteiger partial charge on any atom is -0.377 e. The maximum Gasteiger partial charge on any atom is 0.0861 e. The number of nitrogens with zero attached hydrogens (tertiary/aromatic N) is 1. The molecule has 0 aromatic carbocycles. The van der Waals surface area contributed by atoms with Gasteiger partial charge in [0, 0.05) is 12.2 Å². The summed E-state index contributed by atoms with van der Waals surface area (Å²) in [6.45, 7) is 2.22. The second kappa shape index (κ2) is 5.50. The smallest absolute Gasteiger partial charge is 0.0861 e. The summed E-state index contributed by atoms with van der Waals surface area (Å²) in [4.78, 5) is 4.35. The van der Waals surface area contributed by atoms with Crippen molar-refractivity contribution in [1.82, 2.24) is 10.3 Å². The maximum atomic E-state index is 4.35. The molecule has 1 atom stereocenters. The second-order valence-corrected chi connectivity index (χ2v) is 4.07. The fraction of sp³-hybridized carbons (Fsp3) is 0.357. The third kappa shape index (κ3) is 2.72. The number of pyridine rings is 1. The minimum atomic E-state index is 0.460. The van der Waals surface area contributed by atoms with E-state index >= 15 is 0 Å². The molecule has 0 amide bonds. The number of aromatic nitrogens is 1. The first kappa shape index (κ1) is 10.9. The quantitative estimate of drug-likeness (QED) is 0.833. The second-order valence-electron chi connectivity index (χ2n) is 4.07. The van der Waals surface area contributed by atoms with E-state index in [0.717, 1.165) is 11.4 Å². The fourth-order valence-corrected chi connectivity index (χ4v) is 1.86. The maximum absolute atomic E-state index is 4.35. The Hall–Kier alpha value is -1.57. The summed E-state index contributed by atoms with van der Waals surface area (Å²) >= 11 is 0. The van der Waals surface area contributed by atoms with Crippen molar-refractivity contribution >= 4 is 5.70 Å². The van der Waals surface area contributed by atoms with Crippen LogP contribution in [0.4, 0.5) is 0 Å². The van der Waals surface area contributed by atoms with Crippen LogP contribution in [0.3, 0.4) is 0 Å². The zero-order valence-corrected chi connectivity index (χ0v) is 9.69. The SMILES string of the molecule is CCCCC1C=CC=C(c2ccccn2)N1. The molecule has 2 heteroatoms. The molecule has 0 bridgehead atoms. The van der Waals surface area contributed by atoms with Gasteiger partial charge in [-0.25, -0.2) is 0 Å². The van der Waals surface area contributed by atoms with E-state index in [0.29, 0.717) is 6.04 Å². The van der Waals surface area contributed by atoms with E-state index in [9.17, 15) is 0 Å². The molecule has 1 aliphatic rings. The first-order chi connectivity index (χ1) is 7.90. The van der Waals surface area contributed by atoms with Crippen LogP contribution >= 0.6 is 0 Å². The van der Waals surface area contributed by atoms with Crippen molar-refractivity contribution in [3.8, 4) is 0 Å². The molecule has 1 unspecified atom stereocenters. The third-order valence-corrected chi connectivity index (χ3v) is 2.76. The van der Waals surface area contributed by atoms with Crippen LogP contribution in [0, 0.1) is 0 Å². The Balaban J connectivity index is 2.03. The van der Waals surface area contributed by atoms with Crippen molar-refractivity contribution in [2.24, 2.45) is 0 Å². The number of rotatable bonds is 4. The molecule has 0 spiro atoms. The normalized spacial score (nSPS) is 19.1. The Bertz CT molecular complexity index is 379. The van der Waals surface area contributed by atoms with Gasteiger partial charge in [-0.3, -0.25) is 4.98 Å². The van der Waals surface area contributed by atoms with E-state index in [4.69, 9.17) is 0 Å². The van der Waals surface area contributed by atoms with Crippen LogP contribution in [0.25, 0.3) is 5.70 Å². The molecular weight excluding hydrogens is 196 g/mol. The summed E-state index contributed by atoms with van der Waals surface area (Å²) in [5.41, 5.74) is 2.15. The van der Waals surface area contributed by atoms with E-state index in [1.807, 2.05) is 24.4 Å². The summed E-state index contributed by atoms with van der Waals surface area (Å²) < 4.78 is 0. The zero-order chi connectivity index (χ0) is 11.2. The van der Waals surface area contributed by atoms with Crippen LogP contribution in [0.15, 0.2) is 42.6 Å². The Labute approximate surface area is 97.1 Å². The summed E-state index contributed by atoms with van der Waals surface area (Å²) in [6.07, 6.45) is 12.0. The summed E-state index contributed by atoms with van der Waals surface area (Å²) in [7, 11) is 0. The van der Waals surface area contributed by atoms with Crippen molar-refractivity contribution < 1.29 is 0 Å². The van der Waals surface area contributed by atoms with Crippen LogP contribution < -0.4 is 5.32 Å². The monoisotopic (exact) mass is 214 g/mol. The van der Waals surface area contributed by atoms with Gasteiger partial charge in [-0.2, -0.15) is 0 Å². The van der Waals surface area contributed by atoms with E-state index in [1.54, 1.807) is 0 Å². The van der Waals surface area contributed by atoms with Gasteiger partial charge in [-0.05, 0) is 24.6 Å². The van der Waals surface area contributed by atoms with Crippen molar-refractivity contribution in [3.05, 3.63) is 48.3 Å². The van der Waals surface area contributed by atoms with Crippen LogP contribution in [0.5, 0.6) is 0 Å². The number of allylic oxidation sites excluding steroid dienone is 2. The lowest BCUT2D eigenvalue weighted by molar-refractivity contribution is 0.600. The largest absolute Gasteiger partial charge is 0.377 e. The van der Waals surface area contributed by atoms with E-state index < -0.39 is 0 Å².